The van der Waals surface area contributed by atoms with Crippen LogP contribution in [0.3, 0.4) is 0 Å². The third kappa shape index (κ3) is 19.2. The minimum absolute atomic E-state index is 0.244. The molecule has 0 bridgehead atoms. The van der Waals surface area contributed by atoms with Crippen molar-refractivity contribution in [3.8, 4) is 0 Å². The number of rotatable bonds is 28. The second-order valence-electron chi connectivity index (χ2n) is 13.7. The molecule has 2 aromatic rings. The van der Waals surface area contributed by atoms with Crippen LogP contribution in [0.4, 0.5) is 0 Å². The molecule has 0 saturated heterocycles. The van der Waals surface area contributed by atoms with Gasteiger partial charge in [0, 0.05) is 0 Å². The van der Waals surface area contributed by atoms with Gasteiger partial charge in [0.2, 0.25) is 0 Å². The first kappa shape index (κ1) is 42.9. The first-order valence-electron chi connectivity index (χ1n) is 19.7. The molecule has 0 saturated carbocycles. The molecule has 4 nitrogen and oxygen atoms in total. The van der Waals surface area contributed by atoms with Crippen molar-refractivity contribution in [2.45, 2.75) is 161 Å². The molecule has 0 aromatic heterocycles. The summed E-state index contributed by atoms with van der Waals surface area (Å²) in [6, 6.07) is 20.3. The molecule has 0 spiro atoms. The van der Waals surface area contributed by atoms with Crippen LogP contribution in [-0.4, -0.2) is 52.3 Å². The van der Waals surface area contributed by atoms with E-state index in [2.05, 4.69) is 52.0 Å². The van der Waals surface area contributed by atoms with Crippen LogP contribution in [0.1, 0.15) is 142 Å². The molecule has 0 N–H and O–H groups in total. The predicted octanol–water partition coefficient (Wildman–Crippen LogP) is 11.6. The molecular weight excluding hydrogens is 806 g/mol. The molecule has 0 aliphatic heterocycles. The monoisotopic (exact) mass is 876 g/mol. The van der Waals surface area contributed by atoms with Crippen LogP contribution in [0.5, 0.6) is 0 Å². The van der Waals surface area contributed by atoms with Gasteiger partial charge >= 0.3 is 312 Å². The number of carbonyl (C=O) groups excluding carboxylic acids is 2. The number of hydrogen-bond donors (Lipinski definition) is 0. The molecular formula is C42H68O4Sn2. The van der Waals surface area contributed by atoms with E-state index in [1.165, 1.54) is 77.0 Å². The van der Waals surface area contributed by atoms with Gasteiger partial charge in [-0.25, -0.2) is 0 Å². The summed E-state index contributed by atoms with van der Waals surface area (Å²) in [5.41, 5.74) is 3.11. The van der Waals surface area contributed by atoms with Crippen molar-refractivity contribution in [2.24, 2.45) is 0 Å². The zero-order valence-electron chi connectivity index (χ0n) is 31.1. The summed E-state index contributed by atoms with van der Waals surface area (Å²) in [4.78, 5) is 28.9. The van der Waals surface area contributed by atoms with E-state index in [1.54, 1.807) is 0 Å². The fourth-order valence-corrected chi connectivity index (χ4v) is 20.4. The average molecular weight is 874 g/mol. The molecule has 2 rings (SSSR count). The van der Waals surface area contributed by atoms with Gasteiger partial charge in [0.1, 0.15) is 0 Å². The molecule has 0 unspecified atom stereocenters. The second-order valence-corrected chi connectivity index (χ2v) is 28.8. The Bertz CT molecular complexity index is 1020. The molecule has 48 heavy (non-hydrogen) atoms. The maximum atomic E-state index is 14.4. The van der Waals surface area contributed by atoms with Crippen molar-refractivity contribution in [1.29, 1.82) is 0 Å². The summed E-state index contributed by atoms with van der Waals surface area (Å²) in [5.74, 6) is -0.489. The predicted molar refractivity (Wildman–Crippen MR) is 210 cm³/mol. The van der Waals surface area contributed by atoms with Gasteiger partial charge in [0.25, 0.3) is 0 Å². The summed E-state index contributed by atoms with van der Waals surface area (Å²) in [6.45, 7) is 8.96. The van der Waals surface area contributed by atoms with E-state index < -0.39 is 40.3 Å². The van der Waals surface area contributed by atoms with E-state index in [4.69, 9.17) is 6.15 Å². The van der Waals surface area contributed by atoms with Crippen molar-refractivity contribution < 1.29 is 15.7 Å². The molecule has 6 heteroatoms. The number of benzene rings is 2. The summed E-state index contributed by atoms with van der Waals surface area (Å²) in [5, 5.41) is 0. The van der Waals surface area contributed by atoms with Crippen molar-refractivity contribution >= 4 is 52.3 Å². The van der Waals surface area contributed by atoms with Gasteiger partial charge in [-0.2, -0.15) is 0 Å². The fourth-order valence-electron chi connectivity index (χ4n) is 6.37. The Morgan fingerprint density at radius 1 is 0.438 bits per heavy atom. The summed E-state index contributed by atoms with van der Waals surface area (Å²) in [7, 11) is 0. The standard InChI is InChI=1S/C18H16O4.4C6H13.2Sn.2H/c19-17(20)15(11-13-7-3-1-4-8-13)16(18(21)22)12-14-9-5-2-6-10-14;4*1-3-5-6-4-2;;;;/h1-10H,11-12H2,(H,19,20)(H,21,22);4*1,3-6H2,2H3;;;;/q;;;;;2*+1;;/p-2/b16-15-;;;;;;;;. The number of carbonyl (C=O) groups is 2. The Balaban J connectivity index is 2.48. The van der Waals surface area contributed by atoms with E-state index in [0.717, 1.165) is 54.6 Å². The van der Waals surface area contributed by atoms with Gasteiger partial charge in [-0.15, -0.1) is 0 Å². The summed E-state index contributed by atoms with van der Waals surface area (Å²) in [6.07, 6.45) is 20.0. The molecule has 268 valence electrons. The van der Waals surface area contributed by atoms with Gasteiger partial charge < -0.3 is 0 Å². The van der Waals surface area contributed by atoms with Gasteiger partial charge in [-0.3, -0.25) is 0 Å². The normalized spacial score (nSPS) is 12.0. The molecule has 0 amide bonds. The fraction of sp³-hybridized carbons (Fsp3) is 0.619. The number of hydrogen-bond acceptors (Lipinski definition) is 4. The van der Waals surface area contributed by atoms with Crippen molar-refractivity contribution in [2.75, 3.05) is 0 Å². The molecule has 0 heterocycles. The Hall–Kier alpha value is -1.28. The zero-order chi connectivity index (χ0) is 34.7. The Kier molecular flexibility index (Phi) is 25.4. The third-order valence-electron chi connectivity index (χ3n) is 9.37. The molecule has 2 aromatic carbocycles. The van der Waals surface area contributed by atoms with Crippen LogP contribution < -0.4 is 0 Å². The van der Waals surface area contributed by atoms with E-state index in [-0.39, 0.29) is 11.9 Å². The van der Waals surface area contributed by atoms with Gasteiger partial charge in [0.05, 0.1) is 0 Å². The minimum atomic E-state index is -2.65. The topological polar surface area (TPSA) is 52.6 Å². The zero-order valence-corrected chi connectivity index (χ0v) is 37.7. The van der Waals surface area contributed by atoms with E-state index in [9.17, 15) is 9.59 Å². The van der Waals surface area contributed by atoms with Crippen LogP contribution in [0.2, 0.25) is 17.7 Å². The van der Waals surface area contributed by atoms with Crippen LogP contribution in [0, 0.1) is 0 Å². The van der Waals surface area contributed by atoms with Gasteiger partial charge in [0.15, 0.2) is 0 Å². The van der Waals surface area contributed by atoms with E-state index in [0.29, 0.717) is 24.0 Å². The van der Waals surface area contributed by atoms with Gasteiger partial charge in [-0.05, 0) is 0 Å². The first-order valence-corrected chi connectivity index (χ1v) is 31.7. The Morgan fingerprint density at radius 2 is 0.729 bits per heavy atom. The Morgan fingerprint density at radius 3 is 1.00 bits per heavy atom. The van der Waals surface area contributed by atoms with Crippen molar-refractivity contribution in [1.82, 2.24) is 0 Å². The molecule has 0 fully saturated rings. The average Bonchev–Trinajstić information content (AvgIpc) is 3.10. The van der Waals surface area contributed by atoms with Crippen LogP contribution in [0.25, 0.3) is 0 Å². The van der Waals surface area contributed by atoms with Crippen LogP contribution in [-0.2, 0) is 28.6 Å². The van der Waals surface area contributed by atoms with E-state index in [1.807, 2.05) is 36.4 Å². The van der Waals surface area contributed by atoms with Crippen LogP contribution >= 0.6 is 0 Å². The third-order valence-corrected chi connectivity index (χ3v) is 24.5. The maximum absolute atomic E-state index is 14.4. The molecule has 0 aliphatic carbocycles. The molecule has 0 aliphatic rings. The second kappa shape index (κ2) is 28.4. The van der Waals surface area contributed by atoms with E-state index >= 15 is 0 Å². The van der Waals surface area contributed by atoms with Crippen molar-refractivity contribution in [3.63, 3.8) is 0 Å². The number of unbranched alkanes of at least 4 members (excludes halogenated alkanes) is 12. The van der Waals surface area contributed by atoms with Crippen LogP contribution in [0.15, 0.2) is 71.8 Å². The summed E-state index contributed by atoms with van der Waals surface area (Å²) < 4.78 is 17.6. The molecule has 0 radical (unpaired) electrons. The SMILES string of the molecule is CCCCC[CH2][SnH]([CH2]CCCCC)[O]C(=O)/C(Cc1ccccc1)=C(/Cc1ccccc1)C(=O)[O][SnH]([CH2]CCCCC)[CH2]CCCCC. The quantitative estimate of drug-likeness (QED) is 0.0486. The van der Waals surface area contributed by atoms with Crippen molar-refractivity contribution in [3.05, 3.63) is 82.9 Å². The Labute approximate surface area is 309 Å². The van der Waals surface area contributed by atoms with Gasteiger partial charge in [-0.1, -0.05) is 0 Å². The summed E-state index contributed by atoms with van der Waals surface area (Å²) >= 11 is -5.29. The molecule has 0 atom stereocenters. The first-order chi connectivity index (χ1) is 23.5.